The van der Waals surface area contributed by atoms with Gasteiger partial charge in [-0.25, -0.2) is 4.79 Å². The number of nitrogens with one attached hydrogen (secondary N) is 1. The Hall–Kier alpha value is -2.49. The predicted molar refractivity (Wildman–Crippen MR) is 93.1 cm³/mol. The van der Waals surface area contributed by atoms with Crippen LogP contribution in [0.1, 0.15) is 12.0 Å². The lowest BCUT2D eigenvalue weighted by Gasteiger charge is -2.22. The fraction of sp³-hybridized carbons (Fsp3) is 0.316. The monoisotopic (exact) mass is 307 g/mol. The van der Waals surface area contributed by atoms with Gasteiger partial charge in [-0.15, -0.1) is 0 Å². The molecule has 2 aromatic carbocycles. The first-order valence-corrected chi connectivity index (χ1v) is 8.27. The summed E-state index contributed by atoms with van der Waals surface area (Å²) in [5.41, 5.74) is 3.55. The largest absolute Gasteiger partial charge is 0.369 e. The normalized spacial score (nSPS) is 19.7. The molecule has 0 aliphatic carbocycles. The van der Waals surface area contributed by atoms with Gasteiger partial charge in [0, 0.05) is 37.1 Å². The van der Waals surface area contributed by atoms with Crippen LogP contribution in [0.15, 0.2) is 54.6 Å². The first kappa shape index (κ1) is 14.1. The molecule has 1 N–H and O–H groups in total. The minimum Gasteiger partial charge on any atom is -0.369 e. The molecule has 2 aliphatic heterocycles. The molecule has 0 saturated carbocycles. The van der Waals surface area contributed by atoms with Crippen molar-refractivity contribution in [2.24, 2.45) is 0 Å². The first-order valence-electron chi connectivity index (χ1n) is 8.27. The molecule has 1 atom stereocenters. The number of hydrogen-bond donors (Lipinski definition) is 1. The summed E-state index contributed by atoms with van der Waals surface area (Å²) >= 11 is 0. The zero-order chi connectivity index (χ0) is 15.6. The Balaban J connectivity index is 1.39. The number of benzene rings is 2. The molecule has 0 radical (unpaired) electrons. The van der Waals surface area contributed by atoms with Crippen LogP contribution in [0.3, 0.4) is 0 Å². The van der Waals surface area contributed by atoms with Gasteiger partial charge in [0.15, 0.2) is 0 Å². The quantitative estimate of drug-likeness (QED) is 0.925. The summed E-state index contributed by atoms with van der Waals surface area (Å²) in [5.74, 6) is 0. The molecule has 4 nitrogen and oxygen atoms in total. The Morgan fingerprint density at radius 1 is 1.00 bits per heavy atom. The Morgan fingerprint density at radius 3 is 2.65 bits per heavy atom. The molecule has 2 aliphatic rings. The van der Waals surface area contributed by atoms with Gasteiger partial charge in [0.1, 0.15) is 0 Å². The van der Waals surface area contributed by atoms with Crippen molar-refractivity contribution >= 4 is 17.4 Å². The first-order chi connectivity index (χ1) is 11.3. The van der Waals surface area contributed by atoms with Gasteiger partial charge in [-0.1, -0.05) is 36.4 Å². The van der Waals surface area contributed by atoms with Gasteiger partial charge in [-0.3, -0.25) is 4.90 Å². The molecule has 4 heteroatoms. The second-order valence-electron chi connectivity index (χ2n) is 6.25. The van der Waals surface area contributed by atoms with Gasteiger partial charge in [0.2, 0.25) is 0 Å². The molecule has 0 bridgehead atoms. The Kier molecular flexibility index (Phi) is 3.66. The van der Waals surface area contributed by atoms with Crippen molar-refractivity contribution in [2.75, 3.05) is 29.4 Å². The minimum absolute atomic E-state index is 0.0369. The average molecular weight is 307 g/mol. The molecule has 118 valence electrons. The van der Waals surface area contributed by atoms with Gasteiger partial charge in [-0.05, 0) is 36.6 Å². The highest BCUT2D eigenvalue weighted by atomic mass is 16.2. The molecule has 1 fully saturated rings. The smallest absolute Gasteiger partial charge is 0.322 e. The fourth-order valence-corrected chi connectivity index (χ4v) is 3.55. The van der Waals surface area contributed by atoms with Gasteiger partial charge >= 0.3 is 6.03 Å². The zero-order valence-corrected chi connectivity index (χ0v) is 13.1. The van der Waals surface area contributed by atoms with Gasteiger partial charge < -0.3 is 10.2 Å². The topological polar surface area (TPSA) is 35.6 Å². The fourth-order valence-electron chi connectivity index (χ4n) is 3.55. The highest BCUT2D eigenvalue weighted by Crippen LogP contribution is 2.27. The summed E-state index contributed by atoms with van der Waals surface area (Å²) < 4.78 is 0. The van der Waals surface area contributed by atoms with Crippen LogP contribution in [0.25, 0.3) is 0 Å². The molecule has 2 heterocycles. The summed E-state index contributed by atoms with van der Waals surface area (Å²) in [4.78, 5) is 16.8. The van der Waals surface area contributed by atoms with Crippen LogP contribution in [0.4, 0.5) is 16.2 Å². The van der Waals surface area contributed by atoms with Crippen molar-refractivity contribution in [2.45, 2.75) is 18.9 Å². The maximum absolute atomic E-state index is 12.6. The van der Waals surface area contributed by atoms with E-state index >= 15 is 0 Å². The predicted octanol–water partition coefficient (Wildman–Crippen LogP) is 3.04. The number of amides is 2. The molecule has 0 aromatic heterocycles. The second kappa shape index (κ2) is 5.95. The van der Waals surface area contributed by atoms with Gasteiger partial charge in [-0.2, -0.15) is 0 Å². The number of carbonyl (C=O) groups excluding carboxylic acids is 1. The molecule has 2 aromatic rings. The van der Waals surface area contributed by atoms with E-state index in [1.54, 1.807) is 0 Å². The van der Waals surface area contributed by atoms with E-state index in [2.05, 4.69) is 40.5 Å². The lowest BCUT2D eigenvalue weighted by molar-refractivity contribution is 0.244. The third-order valence-corrected chi connectivity index (χ3v) is 4.77. The van der Waals surface area contributed by atoms with E-state index < -0.39 is 0 Å². The number of hydrogen-bond acceptors (Lipinski definition) is 2. The van der Waals surface area contributed by atoms with Crippen LogP contribution in [-0.2, 0) is 6.42 Å². The van der Waals surface area contributed by atoms with E-state index in [4.69, 9.17) is 0 Å². The van der Waals surface area contributed by atoms with E-state index in [0.717, 1.165) is 38.2 Å². The molecule has 0 spiro atoms. The van der Waals surface area contributed by atoms with E-state index in [-0.39, 0.29) is 12.1 Å². The Morgan fingerprint density at radius 2 is 1.78 bits per heavy atom. The van der Waals surface area contributed by atoms with Crippen molar-refractivity contribution in [3.8, 4) is 0 Å². The van der Waals surface area contributed by atoms with Crippen molar-refractivity contribution in [1.29, 1.82) is 0 Å². The minimum atomic E-state index is 0.0369. The third-order valence-electron chi connectivity index (χ3n) is 4.77. The van der Waals surface area contributed by atoms with Crippen molar-refractivity contribution < 1.29 is 4.79 Å². The standard InChI is InChI=1S/C19H21N3O/c23-19(22-13-10-15-6-4-5-9-18(15)22)20-16-11-12-21(14-16)17-7-2-1-3-8-17/h1-9,16H,10-14H2,(H,20,23)/t16-/m0/s1. The lowest BCUT2D eigenvalue weighted by Crippen LogP contribution is -2.45. The summed E-state index contributed by atoms with van der Waals surface area (Å²) in [6.07, 6.45) is 1.94. The van der Waals surface area contributed by atoms with Crippen LogP contribution < -0.4 is 15.1 Å². The van der Waals surface area contributed by atoms with Crippen molar-refractivity contribution in [1.82, 2.24) is 5.32 Å². The van der Waals surface area contributed by atoms with Crippen LogP contribution >= 0.6 is 0 Å². The number of nitrogens with zero attached hydrogens (tertiary/aromatic N) is 2. The summed E-state index contributed by atoms with van der Waals surface area (Å²) in [6, 6.07) is 18.8. The number of rotatable bonds is 2. The maximum Gasteiger partial charge on any atom is 0.322 e. The van der Waals surface area contributed by atoms with E-state index in [1.165, 1.54) is 11.3 Å². The Bertz CT molecular complexity index is 701. The third kappa shape index (κ3) is 2.77. The molecule has 23 heavy (non-hydrogen) atoms. The lowest BCUT2D eigenvalue weighted by atomic mass is 10.2. The maximum atomic E-state index is 12.6. The van der Waals surface area contributed by atoms with Crippen LogP contribution in [0.2, 0.25) is 0 Å². The summed E-state index contributed by atoms with van der Waals surface area (Å²) in [6.45, 7) is 2.65. The van der Waals surface area contributed by atoms with Crippen LogP contribution in [-0.4, -0.2) is 31.7 Å². The average Bonchev–Trinajstić information content (AvgIpc) is 3.22. The highest BCUT2D eigenvalue weighted by molar-refractivity contribution is 5.94. The molecule has 0 unspecified atom stereocenters. The molecule has 2 amide bonds. The molecular weight excluding hydrogens is 286 g/mol. The van der Waals surface area contributed by atoms with Crippen LogP contribution in [0.5, 0.6) is 0 Å². The van der Waals surface area contributed by atoms with Crippen molar-refractivity contribution in [3.05, 3.63) is 60.2 Å². The molecule has 1 saturated heterocycles. The van der Waals surface area contributed by atoms with Gasteiger partial charge in [0.05, 0.1) is 0 Å². The van der Waals surface area contributed by atoms with E-state index in [0.29, 0.717) is 0 Å². The highest BCUT2D eigenvalue weighted by Gasteiger charge is 2.29. The van der Waals surface area contributed by atoms with E-state index in [9.17, 15) is 4.79 Å². The number of fused-ring (bicyclic) bond motifs is 1. The summed E-state index contributed by atoms with van der Waals surface area (Å²) in [5, 5.41) is 3.21. The SMILES string of the molecule is O=C(N[C@H]1CCN(c2ccccc2)C1)N1CCc2ccccc21. The number of carbonyl (C=O) groups is 1. The van der Waals surface area contributed by atoms with Crippen molar-refractivity contribution in [3.63, 3.8) is 0 Å². The zero-order valence-electron chi connectivity index (χ0n) is 13.1. The van der Waals surface area contributed by atoms with E-state index in [1.807, 2.05) is 29.2 Å². The van der Waals surface area contributed by atoms with Crippen LogP contribution in [0, 0.1) is 0 Å². The second-order valence-corrected chi connectivity index (χ2v) is 6.25. The van der Waals surface area contributed by atoms with Gasteiger partial charge in [0.25, 0.3) is 0 Å². The Labute approximate surface area is 136 Å². The number of urea groups is 1. The molecular formula is C19H21N3O. The molecule has 4 rings (SSSR count). The number of anilines is 2. The summed E-state index contributed by atoms with van der Waals surface area (Å²) in [7, 11) is 0. The number of para-hydroxylation sites is 2.